The number of nitrogens with one attached hydrogen (secondary N) is 1. The van der Waals surface area contributed by atoms with Gasteiger partial charge >= 0.3 is 0 Å². The van der Waals surface area contributed by atoms with Crippen LogP contribution in [-0.2, 0) is 9.53 Å². The summed E-state index contributed by atoms with van der Waals surface area (Å²) < 4.78 is 19.7. The topological polar surface area (TPSA) is 74.1 Å². The normalized spacial score (nSPS) is 36.4. The Morgan fingerprint density at radius 1 is 1.11 bits per heavy atom. The number of alkyl halides is 1. The first-order valence-electron chi connectivity index (χ1n) is 10.4. The Balaban J connectivity index is 1.25. The highest BCUT2D eigenvalue weighted by Crippen LogP contribution is 2.28. The molecule has 154 valence electrons. The van der Waals surface area contributed by atoms with Gasteiger partial charge in [-0.3, -0.25) is 14.6 Å². The summed E-state index contributed by atoms with van der Waals surface area (Å²) in [6.45, 7) is 9.89. The number of carbonyl (C=O) groups is 1. The highest BCUT2D eigenvalue weighted by molar-refractivity contribution is 5.79. The minimum atomic E-state index is -0.925. The summed E-state index contributed by atoms with van der Waals surface area (Å²) in [5.74, 6) is 0.363. The Hall–Kier alpha value is -0.800. The van der Waals surface area contributed by atoms with Crippen molar-refractivity contribution in [1.29, 1.82) is 0 Å². The SMILES string of the molecule is CC1(N2CCN(C(=O)C3CCN(C4C(N)CNCC4F)CC3)CC2)COC1. The van der Waals surface area contributed by atoms with Crippen LogP contribution < -0.4 is 11.1 Å². The van der Waals surface area contributed by atoms with E-state index in [1.54, 1.807) is 0 Å². The standard InChI is InChI=1S/C19H34FN5O2/c1-19(12-27-13-19)25-8-6-24(7-9-25)18(26)14-2-4-23(5-3-14)17-15(20)10-22-11-16(17)21/h14-17,22H,2-13,21H2,1H3. The van der Waals surface area contributed by atoms with Gasteiger partial charge in [0.25, 0.3) is 0 Å². The molecule has 3 atom stereocenters. The zero-order chi connectivity index (χ0) is 19.0. The molecule has 3 N–H and O–H groups in total. The average molecular weight is 384 g/mol. The maximum Gasteiger partial charge on any atom is 0.225 e. The van der Waals surface area contributed by atoms with Gasteiger partial charge < -0.3 is 20.7 Å². The molecular weight excluding hydrogens is 349 g/mol. The molecule has 7 nitrogen and oxygen atoms in total. The highest BCUT2D eigenvalue weighted by Gasteiger charge is 2.42. The van der Waals surface area contributed by atoms with Crippen LogP contribution in [0.5, 0.6) is 0 Å². The molecule has 4 aliphatic heterocycles. The number of likely N-dealkylation sites (tertiary alicyclic amines) is 1. The molecule has 27 heavy (non-hydrogen) atoms. The second-order valence-electron chi connectivity index (χ2n) is 8.94. The molecule has 1 amide bonds. The lowest BCUT2D eigenvalue weighted by molar-refractivity contribution is -0.153. The Bertz CT molecular complexity index is 520. The lowest BCUT2D eigenvalue weighted by atomic mass is 9.90. The van der Waals surface area contributed by atoms with Crippen molar-refractivity contribution >= 4 is 5.91 Å². The van der Waals surface area contributed by atoms with Gasteiger partial charge in [-0.15, -0.1) is 0 Å². The van der Waals surface area contributed by atoms with Crippen LogP contribution in [0.3, 0.4) is 0 Å². The minimum Gasteiger partial charge on any atom is -0.377 e. The molecule has 4 rings (SSSR count). The summed E-state index contributed by atoms with van der Waals surface area (Å²) in [4.78, 5) is 19.6. The molecular formula is C19H34FN5O2. The third-order valence-corrected chi connectivity index (χ3v) is 7.01. The monoisotopic (exact) mass is 383 g/mol. The quantitative estimate of drug-likeness (QED) is 0.669. The van der Waals surface area contributed by atoms with Gasteiger partial charge in [-0.2, -0.15) is 0 Å². The van der Waals surface area contributed by atoms with Crippen LogP contribution in [0.15, 0.2) is 0 Å². The van der Waals surface area contributed by atoms with Gasteiger partial charge in [0.05, 0.1) is 24.8 Å². The molecule has 4 saturated heterocycles. The Kier molecular flexibility index (Phi) is 5.72. The first-order chi connectivity index (χ1) is 13.0. The second kappa shape index (κ2) is 7.91. The van der Waals surface area contributed by atoms with Crippen LogP contribution in [0.1, 0.15) is 19.8 Å². The van der Waals surface area contributed by atoms with E-state index in [-0.39, 0.29) is 29.4 Å². The molecule has 8 heteroatoms. The van der Waals surface area contributed by atoms with Crippen molar-refractivity contribution in [3.63, 3.8) is 0 Å². The molecule has 0 aliphatic carbocycles. The summed E-state index contributed by atoms with van der Waals surface area (Å²) >= 11 is 0. The van der Waals surface area contributed by atoms with Gasteiger partial charge in [-0.05, 0) is 32.9 Å². The largest absolute Gasteiger partial charge is 0.377 e. The smallest absolute Gasteiger partial charge is 0.225 e. The van der Waals surface area contributed by atoms with Gasteiger partial charge in [0.2, 0.25) is 5.91 Å². The summed E-state index contributed by atoms with van der Waals surface area (Å²) in [5, 5.41) is 3.05. The lowest BCUT2D eigenvalue weighted by Gasteiger charge is -2.50. The number of hydrogen-bond acceptors (Lipinski definition) is 6. The zero-order valence-corrected chi connectivity index (χ0v) is 16.4. The van der Waals surface area contributed by atoms with Crippen molar-refractivity contribution < 1.29 is 13.9 Å². The number of ether oxygens (including phenoxy) is 1. The number of rotatable bonds is 3. The first-order valence-corrected chi connectivity index (χ1v) is 10.4. The van der Waals surface area contributed by atoms with E-state index in [1.165, 1.54) is 0 Å². The summed E-state index contributed by atoms with van der Waals surface area (Å²) in [6.07, 6.45) is 0.702. The Labute approximate surface area is 161 Å². The molecule has 0 saturated carbocycles. The fourth-order valence-corrected chi connectivity index (χ4v) is 5.15. The maximum atomic E-state index is 14.3. The van der Waals surface area contributed by atoms with Crippen LogP contribution in [0.4, 0.5) is 4.39 Å². The number of amides is 1. The predicted molar refractivity (Wildman–Crippen MR) is 101 cm³/mol. The molecule has 0 aromatic heterocycles. The van der Waals surface area contributed by atoms with E-state index in [0.29, 0.717) is 13.1 Å². The highest BCUT2D eigenvalue weighted by atomic mass is 19.1. The Morgan fingerprint density at radius 2 is 1.78 bits per heavy atom. The van der Waals surface area contributed by atoms with Crippen LogP contribution in [0.25, 0.3) is 0 Å². The fourth-order valence-electron chi connectivity index (χ4n) is 5.15. The molecule has 3 unspecified atom stereocenters. The molecule has 0 bridgehead atoms. The number of piperazine rings is 1. The molecule has 4 fully saturated rings. The van der Waals surface area contributed by atoms with E-state index >= 15 is 0 Å². The number of carbonyl (C=O) groups excluding carboxylic acids is 1. The number of nitrogens with two attached hydrogens (primary N) is 1. The molecule has 4 heterocycles. The van der Waals surface area contributed by atoms with Gasteiger partial charge in [0, 0.05) is 51.2 Å². The van der Waals surface area contributed by atoms with Crippen LogP contribution in [-0.4, -0.2) is 110 Å². The van der Waals surface area contributed by atoms with Crippen molar-refractivity contribution in [3.8, 4) is 0 Å². The third-order valence-electron chi connectivity index (χ3n) is 7.01. The van der Waals surface area contributed by atoms with Gasteiger partial charge in [-0.1, -0.05) is 0 Å². The Morgan fingerprint density at radius 3 is 2.33 bits per heavy atom. The molecule has 4 aliphatic rings. The van der Waals surface area contributed by atoms with E-state index in [4.69, 9.17) is 10.5 Å². The van der Waals surface area contributed by atoms with Crippen LogP contribution in [0.2, 0.25) is 0 Å². The number of nitrogens with zero attached hydrogens (tertiary/aromatic N) is 3. The molecule has 0 aromatic carbocycles. The lowest BCUT2D eigenvalue weighted by Crippen LogP contribution is -2.65. The summed E-state index contributed by atoms with van der Waals surface area (Å²) in [7, 11) is 0. The maximum absolute atomic E-state index is 14.3. The molecule has 0 radical (unpaired) electrons. The van der Waals surface area contributed by atoms with E-state index in [1.807, 2.05) is 4.90 Å². The minimum absolute atomic E-state index is 0.0754. The average Bonchev–Trinajstić information content (AvgIpc) is 2.66. The number of hydrogen-bond donors (Lipinski definition) is 2. The van der Waals surface area contributed by atoms with Crippen molar-refractivity contribution in [2.24, 2.45) is 11.7 Å². The van der Waals surface area contributed by atoms with Crippen molar-refractivity contribution in [2.75, 3.05) is 65.6 Å². The van der Waals surface area contributed by atoms with E-state index < -0.39 is 6.17 Å². The first kappa shape index (κ1) is 19.5. The fraction of sp³-hybridized carbons (Fsp3) is 0.947. The van der Waals surface area contributed by atoms with Gasteiger partial charge in [0.1, 0.15) is 6.17 Å². The predicted octanol–water partition coefficient (Wildman–Crippen LogP) is -0.731. The van der Waals surface area contributed by atoms with Crippen molar-refractivity contribution in [2.45, 2.75) is 43.6 Å². The number of piperidine rings is 2. The van der Waals surface area contributed by atoms with Crippen molar-refractivity contribution in [1.82, 2.24) is 20.0 Å². The molecule has 0 aromatic rings. The summed E-state index contributed by atoms with van der Waals surface area (Å²) in [5.41, 5.74) is 6.31. The number of halogens is 1. The summed E-state index contributed by atoms with van der Waals surface area (Å²) in [6, 6.07) is -0.387. The van der Waals surface area contributed by atoms with Gasteiger partial charge in [0.15, 0.2) is 0 Å². The zero-order valence-electron chi connectivity index (χ0n) is 16.4. The second-order valence-corrected chi connectivity index (χ2v) is 8.94. The van der Waals surface area contributed by atoms with E-state index in [2.05, 4.69) is 22.0 Å². The third kappa shape index (κ3) is 3.87. The van der Waals surface area contributed by atoms with Gasteiger partial charge in [-0.25, -0.2) is 4.39 Å². The van der Waals surface area contributed by atoms with E-state index in [9.17, 15) is 9.18 Å². The van der Waals surface area contributed by atoms with Crippen LogP contribution >= 0.6 is 0 Å². The van der Waals surface area contributed by atoms with Crippen molar-refractivity contribution in [3.05, 3.63) is 0 Å². The van der Waals surface area contributed by atoms with Crippen LogP contribution in [0, 0.1) is 5.92 Å². The molecule has 0 spiro atoms. The van der Waals surface area contributed by atoms with E-state index in [0.717, 1.165) is 65.3 Å².